The molecule has 0 unspecified atom stereocenters. The Labute approximate surface area is 98.1 Å². The molecule has 3 N–H and O–H groups in total. The maximum absolute atomic E-state index is 11.2. The molecule has 1 saturated carbocycles. The molecule has 1 aromatic rings. The first-order chi connectivity index (χ1) is 8.16. The van der Waals surface area contributed by atoms with E-state index in [2.05, 4.69) is 15.5 Å². The van der Waals surface area contributed by atoms with E-state index in [4.69, 9.17) is 5.11 Å². The van der Waals surface area contributed by atoms with Gasteiger partial charge in [0.05, 0.1) is 0 Å². The van der Waals surface area contributed by atoms with Gasteiger partial charge >= 0.3 is 5.97 Å². The number of carbonyl (C=O) groups is 1. The lowest BCUT2D eigenvalue weighted by atomic mass is 9.95. The standard InChI is InChI=1S/C11H15N3O3/c15-10-8(11(16)17)6-9(13-14-10)12-7-4-2-1-3-5-7/h6-7H,1-5H2,(H,12,13)(H,14,15)(H,16,17). The molecule has 0 amide bonds. The van der Waals surface area contributed by atoms with Gasteiger partial charge in [0.2, 0.25) is 0 Å². The fraction of sp³-hybridized carbons (Fsp3) is 0.545. The van der Waals surface area contributed by atoms with Crippen molar-refractivity contribution in [3.8, 4) is 0 Å². The maximum atomic E-state index is 11.2. The summed E-state index contributed by atoms with van der Waals surface area (Å²) in [5, 5.41) is 18.0. The summed E-state index contributed by atoms with van der Waals surface area (Å²) in [5.74, 6) is -0.811. The van der Waals surface area contributed by atoms with Gasteiger partial charge in [0.15, 0.2) is 0 Å². The van der Waals surface area contributed by atoms with E-state index in [9.17, 15) is 9.59 Å². The molecule has 6 nitrogen and oxygen atoms in total. The minimum Gasteiger partial charge on any atom is -0.477 e. The summed E-state index contributed by atoms with van der Waals surface area (Å²) in [5.41, 5.74) is -0.954. The Kier molecular flexibility index (Phi) is 3.41. The first-order valence-corrected chi connectivity index (χ1v) is 5.76. The van der Waals surface area contributed by atoms with Crippen molar-refractivity contribution in [3.05, 3.63) is 22.0 Å². The van der Waals surface area contributed by atoms with Crippen molar-refractivity contribution in [2.45, 2.75) is 38.1 Å². The molecule has 1 heterocycles. The second-order valence-electron chi connectivity index (χ2n) is 4.28. The molecule has 0 radical (unpaired) electrons. The number of hydrogen-bond acceptors (Lipinski definition) is 4. The molecule has 1 aliphatic carbocycles. The first kappa shape index (κ1) is 11.6. The maximum Gasteiger partial charge on any atom is 0.341 e. The van der Waals surface area contributed by atoms with E-state index in [1.165, 1.54) is 25.3 Å². The average molecular weight is 237 g/mol. The molecule has 0 atom stereocenters. The summed E-state index contributed by atoms with van der Waals surface area (Å²) < 4.78 is 0. The van der Waals surface area contributed by atoms with Gasteiger partial charge in [-0.25, -0.2) is 9.89 Å². The molecule has 0 bridgehead atoms. The highest BCUT2D eigenvalue weighted by Crippen LogP contribution is 2.20. The van der Waals surface area contributed by atoms with Crippen molar-refractivity contribution in [2.75, 3.05) is 5.32 Å². The van der Waals surface area contributed by atoms with Crippen LogP contribution < -0.4 is 10.9 Å². The SMILES string of the molecule is O=C(O)c1cc(NC2CCCCC2)n[nH]c1=O. The van der Waals surface area contributed by atoms with E-state index >= 15 is 0 Å². The Morgan fingerprint density at radius 1 is 1.41 bits per heavy atom. The number of nitrogens with zero attached hydrogens (tertiary/aromatic N) is 1. The quantitative estimate of drug-likeness (QED) is 0.734. The molecule has 92 valence electrons. The van der Waals surface area contributed by atoms with Crippen LogP contribution in [0.15, 0.2) is 10.9 Å². The highest BCUT2D eigenvalue weighted by atomic mass is 16.4. The van der Waals surface area contributed by atoms with E-state index < -0.39 is 11.5 Å². The van der Waals surface area contributed by atoms with Crippen molar-refractivity contribution >= 4 is 11.8 Å². The van der Waals surface area contributed by atoms with Gasteiger partial charge in [0.1, 0.15) is 11.4 Å². The molecule has 1 aromatic heterocycles. The van der Waals surface area contributed by atoms with Crippen LogP contribution in [0.1, 0.15) is 42.5 Å². The van der Waals surface area contributed by atoms with Crippen molar-refractivity contribution in [1.82, 2.24) is 10.2 Å². The van der Waals surface area contributed by atoms with E-state index in [1.54, 1.807) is 0 Å². The lowest BCUT2D eigenvalue weighted by Gasteiger charge is -2.22. The zero-order valence-electron chi connectivity index (χ0n) is 9.40. The molecule has 2 rings (SSSR count). The molecule has 1 aliphatic rings. The number of hydrogen-bond donors (Lipinski definition) is 3. The van der Waals surface area contributed by atoms with Gasteiger partial charge in [-0.05, 0) is 12.8 Å². The van der Waals surface area contributed by atoms with Crippen LogP contribution in [0.3, 0.4) is 0 Å². The molecule has 0 aliphatic heterocycles. The number of anilines is 1. The van der Waals surface area contributed by atoms with Crippen molar-refractivity contribution in [2.24, 2.45) is 0 Å². The first-order valence-electron chi connectivity index (χ1n) is 5.76. The van der Waals surface area contributed by atoms with Gasteiger partial charge in [-0.1, -0.05) is 19.3 Å². The molecule has 6 heteroatoms. The van der Waals surface area contributed by atoms with Gasteiger partial charge in [0, 0.05) is 12.1 Å². The predicted octanol–water partition coefficient (Wildman–Crippen LogP) is 1.21. The molecular weight excluding hydrogens is 222 g/mol. The van der Waals surface area contributed by atoms with E-state index in [1.807, 2.05) is 0 Å². The van der Waals surface area contributed by atoms with Crippen LogP contribution in [-0.4, -0.2) is 27.3 Å². The lowest BCUT2D eigenvalue weighted by molar-refractivity contribution is 0.0694. The fourth-order valence-corrected chi connectivity index (χ4v) is 2.09. The highest BCUT2D eigenvalue weighted by molar-refractivity contribution is 5.87. The Balaban J connectivity index is 2.13. The Morgan fingerprint density at radius 3 is 2.76 bits per heavy atom. The predicted molar refractivity (Wildman–Crippen MR) is 62.3 cm³/mol. The van der Waals surface area contributed by atoms with Crippen molar-refractivity contribution in [3.63, 3.8) is 0 Å². The normalized spacial score (nSPS) is 16.7. The Bertz CT molecular complexity index is 463. The van der Waals surface area contributed by atoms with Crippen LogP contribution in [-0.2, 0) is 0 Å². The monoisotopic (exact) mass is 237 g/mol. The summed E-state index contributed by atoms with van der Waals surface area (Å²) in [6.45, 7) is 0. The largest absolute Gasteiger partial charge is 0.477 e. The van der Waals surface area contributed by atoms with E-state index in [0.29, 0.717) is 11.9 Å². The van der Waals surface area contributed by atoms with Crippen molar-refractivity contribution in [1.29, 1.82) is 0 Å². The summed E-state index contributed by atoms with van der Waals surface area (Å²) in [6, 6.07) is 1.61. The summed E-state index contributed by atoms with van der Waals surface area (Å²) in [7, 11) is 0. The number of aromatic nitrogens is 2. The summed E-state index contributed by atoms with van der Waals surface area (Å²) in [6.07, 6.45) is 5.71. The Morgan fingerprint density at radius 2 is 2.12 bits per heavy atom. The number of rotatable bonds is 3. The van der Waals surface area contributed by atoms with E-state index in [-0.39, 0.29) is 5.56 Å². The molecule has 0 spiro atoms. The molecule has 1 fully saturated rings. The third kappa shape index (κ3) is 2.83. The fourth-order valence-electron chi connectivity index (χ4n) is 2.09. The summed E-state index contributed by atoms with van der Waals surface area (Å²) in [4.78, 5) is 22.0. The van der Waals surface area contributed by atoms with Crippen molar-refractivity contribution < 1.29 is 9.90 Å². The number of aromatic amines is 1. The summed E-state index contributed by atoms with van der Waals surface area (Å²) >= 11 is 0. The van der Waals surface area contributed by atoms with Gasteiger partial charge < -0.3 is 10.4 Å². The van der Waals surface area contributed by atoms with Crippen LogP contribution in [0, 0.1) is 0 Å². The van der Waals surface area contributed by atoms with Gasteiger partial charge in [-0.3, -0.25) is 4.79 Å². The van der Waals surface area contributed by atoms with Crippen LogP contribution in [0.25, 0.3) is 0 Å². The van der Waals surface area contributed by atoms with Gasteiger partial charge in [-0.15, -0.1) is 0 Å². The number of aromatic carboxylic acids is 1. The zero-order valence-corrected chi connectivity index (χ0v) is 9.40. The van der Waals surface area contributed by atoms with Crippen LogP contribution in [0.4, 0.5) is 5.82 Å². The van der Waals surface area contributed by atoms with Crippen LogP contribution in [0.5, 0.6) is 0 Å². The highest BCUT2D eigenvalue weighted by Gasteiger charge is 2.15. The second kappa shape index (κ2) is 4.99. The lowest BCUT2D eigenvalue weighted by Crippen LogP contribution is -2.25. The minimum absolute atomic E-state index is 0.279. The molecule has 0 saturated heterocycles. The van der Waals surface area contributed by atoms with Gasteiger partial charge in [0.25, 0.3) is 5.56 Å². The minimum atomic E-state index is -1.24. The number of carboxylic acids is 1. The molecule has 17 heavy (non-hydrogen) atoms. The molecule has 0 aromatic carbocycles. The average Bonchev–Trinajstić information content (AvgIpc) is 2.32. The smallest absolute Gasteiger partial charge is 0.341 e. The van der Waals surface area contributed by atoms with Crippen LogP contribution >= 0.6 is 0 Å². The van der Waals surface area contributed by atoms with Gasteiger partial charge in [-0.2, -0.15) is 5.10 Å². The Hall–Kier alpha value is -1.85. The second-order valence-corrected chi connectivity index (χ2v) is 4.28. The third-order valence-electron chi connectivity index (χ3n) is 2.99. The number of carboxylic acid groups (broad SMARTS) is 1. The number of H-pyrrole nitrogens is 1. The zero-order chi connectivity index (χ0) is 12.3. The van der Waals surface area contributed by atoms with Crippen LogP contribution in [0.2, 0.25) is 0 Å². The van der Waals surface area contributed by atoms with E-state index in [0.717, 1.165) is 12.8 Å². The topological polar surface area (TPSA) is 95.1 Å². The number of nitrogens with one attached hydrogen (secondary N) is 2. The molecular formula is C11H15N3O3. The third-order valence-corrected chi connectivity index (χ3v) is 2.99.